The molecule has 4 rings (SSSR count). The third kappa shape index (κ3) is 3.07. The van der Waals surface area contributed by atoms with Crippen molar-refractivity contribution < 1.29 is 9.72 Å². The van der Waals surface area contributed by atoms with Crippen LogP contribution in [-0.4, -0.2) is 51.7 Å². The number of aromatic nitrogens is 2. The number of fused-ring (bicyclic) bond motifs is 1. The highest BCUT2D eigenvalue weighted by molar-refractivity contribution is 5.76. The summed E-state index contributed by atoms with van der Waals surface area (Å²) in [6.07, 6.45) is 2.47. The van der Waals surface area contributed by atoms with Gasteiger partial charge in [-0.25, -0.2) is 0 Å². The molecule has 2 saturated heterocycles. The van der Waals surface area contributed by atoms with Gasteiger partial charge in [0.2, 0.25) is 5.91 Å². The lowest BCUT2D eigenvalue weighted by molar-refractivity contribution is -0.385. The van der Waals surface area contributed by atoms with E-state index in [1.807, 2.05) is 23.1 Å². The number of amides is 1. The predicted molar refractivity (Wildman–Crippen MR) is 91.1 cm³/mol. The lowest BCUT2D eigenvalue weighted by atomic mass is 10.0. The van der Waals surface area contributed by atoms with E-state index in [4.69, 9.17) is 0 Å². The van der Waals surface area contributed by atoms with Gasteiger partial charge in [0.25, 0.3) is 0 Å². The number of benzene rings is 1. The third-order valence-electron chi connectivity index (χ3n) is 5.09. The van der Waals surface area contributed by atoms with Crippen LogP contribution in [0, 0.1) is 22.0 Å². The van der Waals surface area contributed by atoms with E-state index in [0.29, 0.717) is 11.8 Å². The van der Waals surface area contributed by atoms with E-state index in [9.17, 15) is 14.9 Å². The van der Waals surface area contributed by atoms with E-state index >= 15 is 0 Å². The van der Waals surface area contributed by atoms with Crippen LogP contribution in [0.5, 0.6) is 0 Å². The number of likely N-dealkylation sites (tertiary alicyclic amines) is 1. The van der Waals surface area contributed by atoms with Gasteiger partial charge >= 0.3 is 5.69 Å². The molecule has 0 N–H and O–H groups in total. The zero-order chi connectivity index (χ0) is 17.4. The van der Waals surface area contributed by atoms with Crippen molar-refractivity contribution in [1.82, 2.24) is 14.7 Å². The zero-order valence-corrected chi connectivity index (χ0v) is 13.7. The van der Waals surface area contributed by atoms with Gasteiger partial charge in [-0.1, -0.05) is 18.2 Å². The van der Waals surface area contributed by atoms with Gasteiger partial charge in [0, 0.05) is 43.7 Å². The number of hydrogen-bond donors (Lipinski definition) is 0. The summed E-state index contributed by atoms with van der Waals surface area (Å²) in [6, 6.07) is 10.3. The molecule has 0 radical (unpaired) electrons. The van der Waals surface area contributed by atoms with Gasteiger partial charge in [-0.05, 0) is 12.1 Å². The molecule has 130 valence electrons. The fraction of sp³-hybridized carbons (Fsp3) is 0.412. The van der Waals surface area contributed by atoms with Gasteiger partial charge in [-0.15, -0.1) is 0 Å². The first kappa shape index (κ1) is 15.6. The number of hydrogen-bond acceptors (Lipinski definition) is 5. The lowest BCUT2D eigenvalue weighted by Gasteiger charge is -2.23. The Morgan fingerprint density at radius 1 is 1.16 bits per heavy atom. The largest absolute Gasteiger partial charge is 0.371 e. The molecule has 1 aromatic heterocycles. The topological polar surface area (TPSA) is 84.5 Å². The van der Waals surface area contributed by atoms with Crippen LogP contribution in [0.4, 0.5) is 11.4 Å². The van der Waals surface area contributed by atoms with Gasteiger partial charge < -0.3 is 9.80 Å². The second-order valence-electron chi connectivity index (χ2n) is 6.71. The molecule has 25 heavy (non-hydrogen) atoms. The van der Waals surface area contributed by atoms with Crippen LogP contribution in [0.25, 0.3) is 0 Å². The van der Waals surface area contributed by atoms with E-state index in [-0.39, 0.29) is 18.1 Å². The first-order chi connectivity index (χ1) is 12.1. The molecule has 2 aliphatic rings. The molecule has 2 aliphatic heterocycles. The fourth-order valence-corrected chi connectivity index (χ4v) is 3.82. The number of nitro groups is 1. The van der Waals surface area contributed by atoms with E-state index in [1.54, 1.807) is 0 Å². The maximum absolute atomic E-state index is 12.5. The Hall–Kier alpha value is -2.90. The smallest absolute Gasteiger partial charge is 0.307 e. The van der Waals surface area contributed by atoms with E-state index < -0.39 is 4.92 Å². The van der Waals surface area contributed by atoms with Gasteiger partial charge in [-0.3, -0.25) is 19.6 Å². The van der Waals surface area contributed by atoms with Crippen LogP contribution in [-0.2, 0) is 11.3 Å². The first-order valence-corrected chi connectivity index (χ1v) is 8.35. The van der Waals surface area contributed by atoms with Crippen LogP contribution in [0.15, 0.2) is 42.7 Å². The van der Waals surface area contributed by atoms with Gasteiger partial charge in [0.15, 0.2) is 0 Å². The Bertz CT molecular complexity index is 777. The molecular formula is C17H19N5O3. The molecule has 0 saturated carbocycles. The summed E-state index contributed by atoms with van der Waals surface area (Å²) in [5.74, 6) is 0.936. The van der Waals surface area contributed by atoms with Crippen molar-refractivity contribution in [3.8, 4) is 0 Å². The zero-order valence-electron chi connectivity index (χ0n) is 13.7. The summed E-state index contributed by atoms with van der Waals surface area (Å²) in [4.78, 5) is 26.9. The van der Waals surface area contributed by atoms with E-state index in [1.165, 1.54) is 22.8 Å². The molecule has 2 fully saturated rings. The molecule has 8 nitrogen and oxygen atoms in total. The maximum atomic E-state index is 12.5. The number of carbonyl (C=O) groups excluding carboxylic acids is 1. The number of carbonyl (C=O) groups is 1. The molecule has 0 bridgehead atoms. The minimum atomic E-state index is -0.508. The molecular weight excluding hydrogens is 322 g/mol. The van der Waals surface area contributed by atoms with Crippen molar-refractivity contribution in [1.29, 1.82) is 0 Å². The van der Waals surface area contributed by atoms with Crippen molar-refractivity contribution in [2.24, 2.45) is 11.8 Å². The quantitative estimate of drug-likeness (QED) is 0.620. The standard InChI is InChI=1S/C17H19N5O3/c23-17(12-21-11-16(6-18-21)22(24)25)20-9-13-7-19(8-14(13)10-20)15-4-2-1-3-5-15/h1-6,11,13-14H,7-10,12H2/t13-,14+. The third-order valence-corrected chi connectivity index (χ3v) is 5.09. The number of anilines is 1. The van der Waals surface area contributed by atoms with Crippen LogP contribution >= 0.6 is 0 Å². The van der Waals surface area contributed by atoms with E-state index in [0.717, 1.165) is 26.2 Å². The molecule has 2 aromatic rings. The molecule has 1 amide bonds. The number of rotatable bonds is 4. The minimum absolute atomic E-state index is 0.0290. The lowest BCUT2D eigenvalue weighted by Crippen LogP contribution is -2.35. The van der Waals surface area contributed by atoms with Crippen molar-refractivity contribution in [3.63, 3.8) is 0 Å². The van der Waals surface area contributed by atoms with Gasteiger partial charge in [-0.2, -0.15) is 5.10 Å². The van der Waals surface area contributed by atoms with Crippen LogP contribution in [0.1, 0.15) is 0 Å². The first-order valence-electron chi connectivity index (χ1n) is 8.35. The second-order valence-corrected chi connectivity index (χ2v) is 6.71. The predicted octanol–water partition coefficient (Wildman–Crippen LogP) is 1.39. The molecule has 0 spiro atoms. The van der Waals surface area contributed by atoms with Crippen molar-refractivity contribution in [2.75, 3.05) is 31.1 Å². The van der Waals surface area contributed by atoms with Crippen molar-refractivity contribution in [2.45, 2.75) is 6.54 Å². The van der Waals surface area contributed by atoms with Crippen molar-refractivity contribution in [3.05, 3.63) is 52.8 Å². The monoisotopic (exact) mass is 341 g/mol. The average molecular weight is 341 g/mol. The molecule has 0 aliphatic carbocycles. The highest BCUT2D eigenvalue weighted by atomic mass is 16.6. The number of nitrogens with zero attached hydrogens (tertiary/aromatic N) is 5. The molecule has 8 heteroatoms. The Kier molecular flexibility index (Phi) is 3.87. The summed E-state index contributed by atoms with van der Waals surface area (Å²) in [5.41, 5.74) is 1.14. The summed E-state index contributed by atoms with van der Waals surface area (Å²) in [5, 5.41) is 14.6. The molecule has 1 aromatic carbocycles. The van der Waals surface area contributed by atoms with Crippen LogP contribution in [0.3, 0.4) is 0 Å². The normalized spacial score (nSPS) is 22.2. The van der Waals surface area contributed by atoms with Crippen molar-refractivity contribution >= 4 is 17.3 Å². The average Bonchev–Trinajstić information content (AvgIpc) is 3.29. The highest BCUT2D eigenvalue weighted by Crippen LogP contribution is 2.33. The summed E-state index contributed by atoms with van der Waals surface area (Å²) in [7, 11) is 0. The Morgan fingerprint density at radius 2 is 1.84 bits per heavy atom. The molecule has 2 atom stereocenters. The second kappa shape index (κ2) is 6.19. The van der Waals surface area contributed by atoms with Gasteiger partial charge in [0.05, 0.1) is 4.92 Å². The summed E-state index contributed by atoms with van der Waals surface area (Å²) >= 11 is 0. The van der Waals surface area contributed by atoms with E-state index in [2.05, 4.69) is 22.1 Å². The van der Waals surface area contributed by atoms with Crippen LogP contribution < -0.4 is 4.90 Å². The van der Waals surface area contributed by atoms with Gasteiger partial charge in [0.1, 0.15) is 18.9 Å². The fourth-order valence-electron chi connectivity index (χ4n) is 3.82. The summed E-state index contributed by atoms with van der Waals surface area (Å²) < 4.78 is 1.34. The summed E-state index contributed by atoms with van der Waals surface area (Å²) in [6.45, 7) is 3.47. The Balaban J connectivity index is 1.34. The number of para-hydroxylation sites is 1. The Labute approximate surface area is 144 Å². The minimum Gasteiger partial charge on any atom is -0.371 e. The van der Waals surface area contributed by atoms with Crippen LogP contribution in [0.2, 0.25) is 0 Å². The highest BCUT2D eigenvalue weighted by Gasteiger charge is 2.41. The molecule has 0 unspecified atom stereocenters. The molecule has 3 heterocycles. The Morgan fingerprint density at radius 3 is 2.44 bits per heavy atom. The SMILES string of the molecule is O=C(Cn1cc([N+](=O)[O-])cn1)N1C[C@@H]2CN(c3ccccc3)C[C@@H]2C1. The maximum Gasteiger partial charge on any atom is 0.307 e.